The van der Waals surface area contributed by atoms with E-state index in [0.717, 1.165) is 17.4 Å². The van der Waals surface area contributed by atoms with Crippen LogP contribution in [0.5, 0.6) is 0 Å². The van der Waals surface area contributed by atoms with Gasteiger partial charge in [0, 0.05) is 27.2 Å². The lowest BCUT2D eigenvalue weighted by Crippen LogP contribution is -2.16. The highest BCUT2D eigenvalue weighted by molar-refractivity contribution is 7.15. The molecule has 0 aliphatic heterocycles. The zero-order valence-electron chi connectivity index (χ0n) is 19.4. The van der Waals surface area contributed by atoms with Gasteiger partial charge in [0.15, 0.2) is 22.9 Å². The van der Waals surface area contributed by atoms with E-state index in [-0.39, 0.29) is 34.4 Å². The first-order valence-corrected chi connectivity index (χ1v) is 13.0. The third-order valence-electron chi connectivity index (χ3n) is 5.51. The van der Waals surface area contributed by atoms with Crippen molar-refractivity contribution < 1.29 is 18.0 Å². The molecule has 0 aliphatic rings. The van der Waals surface area contributed by atoms with Gasteiger partial charge in [-0.05, 0) is 42.3 Å². The zero-order chi connectivity index (χ0) is 27.2. The van der Waals surface area contributed by atoms with Gasteiger partial charge in [-0.15, -0.1) is 11.3 Å². The molecule has 196 valence electrons. The summed E-state index contributed by atoms with van der Waals surface area (Å²) in [7, 11) is 0. The number of anilines is 1. The lowest BCUT2D eigenvalue weighted by atomic mass is 10.2. The van der Waals surface area contributed by atoms with E-state index in [4.69, 9.17) is 34.8 Å². The molecule has 0 unspecified atom stereocenters. The molecule has 0 fully saturated rings. The minimum absolute atomic E-state index is 0.00850. The maximum Gasteiger partial charge on any atom is 0.433 e. The van der Waals surface area contributed by atoms with Crippen molar-refractivity contribution in [3.8, 4) is 10.6 Å². The Morgan fingerprint density at radius 1 is 1.05 bits per heavy atom. The Kier molecular flexibility index (Phi) is 7.12. The maximum absolute atomic E-state index is 13.9. The molecule has 5 aromatic rings. The van der Waals surface area contributed by atoms with E-state index in [1.54, 1.807) is 24.3 Å². The van der Waals surface area contributed by atoms with Gasteiger partial charge in [-0.2, -0.15) is 23.4 Å². The van der Waals surface area contributed by atoms with Crippen LogP contribution < -0.4 is 5.32 Å². The van der Waals surface area contributed by atoms with Crippen molar-refractivity contribution in [1.82, 2.24) is 24.4 Å². The number of halogens is 6. The number of alkyl halides is 3. The molecule has 0 atom stereocenters. The fraction of sp³-hybridized carbons (Fsp3) is 0.167. The van der Waals surface area contributed by atoms with Crippen molar-refractivity contribution in [3.05, 3.63) is 85.6 Å². The molecule has 1 amide bonds. The van der Waals surface area contributed by atoms with E-state index in [2.05, 4.69) is 20.5 Å². The topological polar surface area (TPSA) is 77.1 Å². The molecule has 0 saturated carbocycles. The van der Waals surface area contributed by atoms with Gasteiger partial charge in [-0.3, -0.25) is 9.48 Å². The molecular weight excluding hydrogens is 584 g/mol. The van der Waals surface area contributed by atoms with E-state index in [1.165, 1.54) is 28.3 Å². The molecule has 4 aromatic heterocycles. The van der Waals surface area contributed by atoms with Crippen LogP contribution in [0, 0.1) is 0 Å². The molecule has 1 aromatic carbocycles. The van der Waals surface area contributed by atoms with Gasteiger partial charge >= 0.3 is 6.18 Å². The van der Waals surface area contributed by atoms with E-state index in [9.17, 15) is 18.0 Å². The summed E-state index contributed by atoms with van der Waals surface area (Å²) >= 11 is 19.7. The zero-order valence-corrected chi connectivity index (χ0v) is 22.4. The Labute approximate surface area is 232 Å². The first-order chi connectivity index (χ1) is 18.0. The van der Waals surface area contributed by atoms with Gasteiger partial charge in [-0.25, -0.2) is 9.50 Å². The van der Waals surface area contributed by atoms with Crippen LogP contribution in [-0.2, 0) is 19.1 Å². The SMILES string of the molecule is CCc1ccc(-c2cc(C(F)(F)F)n3nc(C(=O)Nc4nn(Cc5ccc(Cl)cc5Cl)cc4Cl)cc3n2)s1. The van der Waals surface area contributed by atoms with Crippen molar-refractivity contribution in [2.24, 2.45) is 0 Å². The summed E-state index contributed by atoms with van der Waals surface area (Å²) < 4.78 is 43.7. The Morgan fingerprint density at radius 3 is 2.53 bits per heavy atom. The number of carbonyl (C=O) groups excluding carboxylic acids is 1. The van der Waals surface area contributed by atoms with E-state index < -0.39 is 17.8 Å². The predicted molar refractivity (Wildman–Crippen MR) is 141 cm³/mol. The monoisotopic (exact) mass is 598 g/mol. The average Bonchev–Trinajstić information content (AvgIpc) is 3.58. The van der Waals surface area contributed by atoms with Crippen molar-refractivity contribution >= 4 is 63.5 Å². The average molecular weight is 600 g/mol. The summed E-state index contributed by atoms with van der Waals surface area (Å²) in [6, 6.07) is 10.7. The standard InChI is InChI=1S/C24H16Cl3F3N6OS/c1-2-14-5-6-19(38-14)17-8-20(24(28,29)30)36-21(31-17)9-18(33-36)23(37)32-22-16(27)11-35(34-22)10-12-3-4-13(25)7-15(12)26/h3-9,11H,2,10H2,1H3,(H,32,34,37). The number of hydrogen-bond acceptors (Lipinski definition) is 5. The summed E-state index contributed by atoms with van der Waals surface area (Å²) in [4.78, 5) is 18.8. The number of thiophene rings is 1. The van der Waals surface area contributed by atoms with Gasteiger partial charge in [-0.1, -0.05) is 47.8 Å². The van der Waals surface area contributed by atoms with Crippen molar-refractivity contribution in [3.63, 3.8) is 0 Å². The lowest BCUT2D eigenvalue weighted by molar-refractivity contribution is -0.142. The Hall–Kier alpha value is -3.12. The minimum atomic E-state index is -4.73. The Bertz CT molecular complexity index is 1680. The third kappa shape index (κ3) is 5.37. The molecule has 4 heterocycles. The largest absolute Gasteiger partial charge is 0.433 e. The fourth-order valence-electron chi connectivity index (χ4n) is 3.68. The van der Waals surface area contributed by atoms with E-state index >= 15 is 0 Å². The van der Waals surface area contributed by atoms with Crippen molar-refractivity contribution in [2.75, 3.05) is 5.32 Å². The summed E-state index contributed by atoms with van der Waals surface area (Å²) in [5.41, 5.74) is -0.603. The molecule has 0 radical (unpaired) electrons. The smallest absolute Gasteiger partial charge is 0.302 e. The number of nitrogens with zero attached hydrogens (tertiary/aromatic N) is 5. The molecular formula is C24H16Cl3F3N6OS. The van der Waals surface area contributed by atoms with Gasteiger partial charge in [0.1, 0.15) is 5.02 Å². The minimum Gasteiger partial charge on any atom is -0.302 e. The van der Waals surface area contributed by atoms with Gasteiger partial charge in [0.05, 0.1) is 17.1 Å². The number of hydrogen-bond donors (Lipinski definition) is 1. The quantitative estimate of drug-likeness (QED) is 0.219. The van der Waals surface area contributed by atoms with E-state index in [1.807, 2.05) is 13.0 Å². The van der Waals surface area contributed by atoms with E-state index in [0.29, 0.717) is 25.0 Å². The molecule has 1 N–H and O–H groups in total. The second-order valence-electron chi connectivity index (χ2n) is 8.16. The van der Waals surface area contributed by atoms with Crippen LogP contribution in [0.15, 0.2) is 48.7 Å². The molecule has 0 aliphatic carbocycles. The maximum atomic E-state index is 13.9. The molecule has 0 spiro atoms. The number of nitrogens with one attached hydrogen (secondary N) is 1. The Morgan fingerprint density at radius 2 is 1.84 bits per heavy atom. The normalized spacial score (nSPS) is 11.9. The summed E-state index contributed by atoms with van der Waals surface area (Å²) in [5.74, 6) is -0.791. The van der Waals surface area contributed by atoms with Gasteiger partial charge in [0.25, 0.3) is 5.91 Å². The highest BCUT2D eigenvalue weighted by Gasteiger charge is 2.36. The summed E-state index contributed by atoms with van der Waals surface area (Å²) in [6.45, 7) is 2.20. The number of fused-ring (bicyclic) bond motifs is 1. The summed E-state index contributed by atoms with van der Waals surface area (Å²) in [6.07, 6.45) is -2.50. The molecule has 38 heavy (non-hydrogen) atoms. The van der Waals surface area contributed by atoms with Crippen molar-refractivity contribution in [2.45, 2.75) is 26.1 Å². The van der Waals surface area contributed by atoms with Crippen molar-refractivity contribution in [1.29, 1.82) is 0 Å². The van der Waals surface area contributed by atoms with Crippen LogP contribution in [0.1, 0.15) is 33.5 Å². The number of amides is 1. The van der Waals surface area contributed by atoms with Crippen LogP contribution in [0.4, 0.5) is 19.0 Å². The third-order valence-corrected chi connectivity index (χ3v) is 7.62. The van der Waals surface area contributed by atoms with Gasteiger partial charge < -0.3 is 5.32 Å². The summed E-state index contributed by atoms with van der Waals surface area (Å²) in [5, 5.41) is 11.6. The first kappa shape index (κ1) is 26.5. The fourth-order valence-corrected chi connectivity index (χ4v) is 5.25. The number of aromatic nitrogens is 5. The molecule has 0 saturated heterocycles. The van der Waals surface area contributed by atoms with Crippen LogP contribution in [0.3, 0.4) is 0 Å². The molecule has 5 rings (SSSR count). The number of rotatable bonds is 6. The number of carbonyl (C=O) groups is 1. The second-order valence-corrected chi connectivity index (χ2v) is 10.6. The first-order valence-electron chi connectivity index (χ1n) is 11.1. The highest BCUT2D eigenvalue weighted by atomic mass is 35.5. The van der Waals surface area contributed by atoms with Crippen LogP contribution in [0.2, 0.25) is 15.1 Å². The van der Waals surface area contributed by atoms with Gasteiger partial charge in [0.2, 0.25) is 0 Å². The lowest BCUT2D eigenvalue weighted by Gasteiger charge is -2.10. The molecule has 7 nitrogen and oxygen atoms in total. The van der Waals surface area contributed by atoms with Crippen LogP contribution >= 0.6 is 46.1 Å². The molecule has 14 heteroatoms. The predicted octanol–water partition coefficient (Wildman–Crippen LogP) is 7.50. The second kappa shape index (κ2) is 10.2. The number of aryl methyl sites for hydroxylation is 1. The molecule has 0 bridgehead atoms. The number of benzene rings is 1. The van der Waals surface area contributed by atoms with Crippen LogP contribution in [0.25, 0.3) is 16.2 Å². The highest BCUT2D eigenvalue weighted by Crippen LogP contribution is 2.34. The van der Waals surface area contributed by atoms with Crippen LogP contribution in [-0.4, -0.2) is 30.3 Å². The Balaban J connectivity index is 1.44.